The number of nitrogens with zero attached hydrogens (tertiary/aromatic N) is 2. The van der Waals surface area contributed by atoms with Crippen molar-refractivity contribution >= 4 is 5.91 Å². The van der Waals surface area contributed by atoms with Crippen LogP contribution in [0.25, 0.3) is 0 Å². The van der Waals surface area contributed by atoms with Crippen LogP contribution in [0.4, 0.5) is 13.2 Å². The van der Waals surface area contributed by atoms with E-state index in [4.69, 9.17) is 4.74 Å². The highest BCUT2D eigenvalue weighted by molar-refractivity contribution is 5.84. The van der Waals surface area contributed by atoms with Crippen LogP contribution < -0.4 is 5.32 Å². The van der Waals surface area contributed by atoms with E-state index < -0.39 is 17.5 Å². The highest BCUT2D eigenvalue weighted by Crippen LogP contribution is 2.46. The third-order valence-corrected chi connectivity index (χ3v) is 5.80. The first kappa shape index (κ1) is 21.1. The van der Waals surface area contributed by atoms with Gasteiger partial charge in [0.2, 0.25) is 5.91 Å². The van der Waals surface area contributed by atoms with E-state index in [1.165, 1.54) is 0 Å². The third-order valence-electron chi connectivity index (χ3n) is 5.80. The second-order valence-corrected chi connectivity index (χ2v) is 7.73. The van der Waals surface area contributed by atoms with Gasteiger partial charge in [-0.15, -0.1) is 0 Å². The van der Waals surface area contributed by atoms with Crippen LogP contribution in [0.2, 0.25) is 0 Å². The molecule has 1 N–H and O–H groups in total. The molecule has 2 fully saturated rings. The summed E-state index contributed by atoms with van der Waals surface area (Å²) in [7, 11) is 0. The highest BCUT2D eigenvalue weighted by atomic mass is 19.4. The summed E-state index contributed by atoms with van der Waals surface area (Å²) in [6, 6.07) is 9.34. The van der Waals surface area contributed by atoms with Gasteiger partial charge >= 0.3 is 6.18 Å². The summed E-state index contributed by atoms with van der Waals surface area (Å²) in [5, 5.41) is 2.59. The number of halogens is 3. The number of benzene rings is 1. The van der Waals surface area contributed by atoms with Gasteiger partial charge < -0.3 is 10.1 Å². The Morgan fingerprint density at radius 1 is 1.21 bits per heavy atom. The molecule has 2 atom stereocenters. The molecule has 1 aromatic carbocycles. The average molecular weight is 399 g/mol. The quantitative estimate of drug-likeness (QED) is 0.797. The molecule has 0 aromatic heterocycles. The van der Waals surface area contributed by atoms with Crippen LogP contribution >= 0.6 is 0 Å². The zero-order chi connectivity index (χ0) is 20.2. The maximum Gasteiger partial charge on any atom is 0.404 e. The van der Waals surface area contributed by atoms with Crippen molar-refractivity contribution in [2.45, 2.75) is 32.1 Å². The zero-order valence-corrected chi connectivity index (χ0v) is 16.2. The largest absolute Gasteiger partial charge is 0.404 e. The number of nitrogens with one attached hydrogen (secondary N) is 1. The topological polar surface area (TPSA) is 44.8 Å². The average Bonchev–Trinajstić information content (AvgIpc) is 3.12. The monoisotopic (exact) mass is 399 g/mol. The molecule has 0 radical (unpaired) electrons. The highest BCUT2D eigenvalue weighted by Gasteiger charge is 2.62. The molecule has 1 aromatic rings. The summed E-state index contributed by atoms with van der Waals surface area (Å²) in [6.07, 6.45) is -4.79. The second-order valence-electron chi connectivity index (χ2n) is 7.73. The summed E-state index contributed by atoms with van der Waals surface area (Å²) >= 11 is 0. The molecule has 0 saturated carbocycles. The Morgan fingerprint density at radius 3 is 2.54 bits per heavy atom. The van der Waals surface area contributed by atoms with Crippen LogP contribution in [0, 0.1) is 5.41 Å². The number of morpholine rings is 1. The van der Waals surface area contributed by atoms with Gasteiger partial charge in [-0.2, -0.15) is 13.2 Å². The summed E-state index contributed by atoms with van der Waals surface area (Å²) in [5.41, 5.74) is -1.39. The van der Waals surface area contributed by atoms with Gasteiger partial charge in [0.1, 0.15) is 0 Å². The van der Waals surface area contributed by atoms with Crippen molar-refractivity contribution < 1.29 is 22.7 Å². The van der Waals surface area contributed by atoms with E-state index in [0.29, 0.717) is 19.8 Å². The number of hydrogen-bond donors (Lipinski definition) is 1. The summed E-state index contributed by atoms with van der Waals surface area (Å²) in [5.74, 6) is -0.907. The number of amides is 1. The first-order valence-electron chi connectivity index (χ1n) is 9.75. The zero-order valence-electron chi connectivity index (χ0n) is 16.2. The Bertz CT molecular complexity index is 650. The van der Waals surface area contributed by atoms with Gasteiger partial charge in [0, 0.05) is 38.8 Å². The molecule has 1 amide bonds. The molecule has 2 aliphatic rings. The number of alkyl halides is 3. The maximum atomic E-state index is 13.9. The second kappa shape index (κ2) is 8.80. The molecular formula is C20H28F3N3O2. The van der Waals surface area contributed by atoms with Gasteiger partial charge in [-0.1, -0.05) is 30.3 Å². The summed E-state index contributed by atoms with van der Waals surface area (Å²) in [6.45, 7) is 5.16. The first-order valence-corrected chi connectivity index (χ1v) is 9.75. The summed E-state index contributed by atoms with van der Waals surface area (Å²) in [4.78, 5) is 16.5. The van der Waals surface area contributed by atoms with Gasteiger partial charge in [-0.05, 0) is 25.5 Å². The molecule has 3 rings (SSSR count). The van der Waals surface area contributed by atoms with Crippen LogP contribution in [0.5, 0.6) is 0 Å². The molecule has 5 nitrogen and oxygen atoms in total. The molecule has 2 aliphatic heterocycles. The lowest BCUT2D eigenvalue weighted by Gasteiger charge is -2.34. The van der Waals surface area contributed by atoms with Crippen molar-refractivity contribution in [2.75, 3.05) is 45.9 Å². The van der Waals surface area contributed by atoms with Crippen molar-refractivity contribution in [3.05, 3.63) is 35.9 Å². The molecule has 2 saturated heterocycles. The van der Waals surface area contributed by atoms with Crippen molar-refractivity contribution in [2.24, 2.45) is 5.41 Å². The Kier molecular flexibility index (Phi) is 6.62. The molecule has 0 aliphatic carbocycles. The standard InChI is InChI=1S/C20H28F3N3O2/c1-16(26-9-11-28-12-10-26)13-24-18(27)19(20(21,22)23)7-8-25(15-19)14-17-5-3-2-4-6-17/h2-6,16H,7-15H2,1H3,(H,24,27). The van der Waals surface area contributed by atoms with Crippen molar-refractivity contribution in [3.63, 3.8) is 0 Å². The van der Waals surface area contributed by atoms with E-state index in [1.807, 2.05) is 37.3 Å². The molecule has 2 heterocycles. The SMILES string of the molecule is CC(CNC(=O)C1(C(F)(F)F)CCN(Cc2ccccc2)C1)N1CCOCC1. The van der Waals surface area contributed by atoms with Crippen molar-refractivity contribution in [1.82, 2.24) is 15.1 Å². The van der Waals surface area contributed by atoms with Crippen LogP contribution in [-0.2, 0) is 16.1 Å². The molecule has 0 bridgehead atoms. The van der Waals surface area contributed by atoms with Crippen LogP contribution in [0.3, 0.4) is 0 Å². The minimum Gasteiger partial charge on any atom is -0.379 e. The Morgan fingerprint density at radius 2 is 1.89 bits per heavy atom. The van der Waals surface area contributed by atoms with E-state index in [1.54, 1.807) is 4.90 Å². The van der Waals surface area contributed by atoms with E-state index in [0.717, 1.165) is 18.7 Å². The van der Waals surface area contributed by atoms with Crippen molar-refractivity contribution in [1.29, 1.82) is 0 Å². The molecule has 28 heavy (non-hydrogen) atoms. The number of hydrogen-bond acceptors (Lipinski definition) is 4. The third kappa shape index (κ3) is 4.67. The van der Waals surface area contributed by atoms with Crippen LogP contribution in [0.1, 0.15) is 18.9 Å². The lowest BCUT2D eigenvalue weighted by atomic mass is 9.85. The Balaban J connectivity index is 1.62. The summed E-state index contributed by atoms with van der Waals surface area (Å²) < 4.78 is 47.1. The van der Waals surface area contributed by atoms with Gasteiger partial charge in [0.15, 0.2) is 5.41 Å². The van der Waals surface area contributed by atoms with E-state index >= 15 is 0 Å². The molecule has 0 spiro atoms. The maximum absolute atomic E-state index is 13.9. The Hall–Kier alpha value is -1.64. The number of rotatable bonds is 6. The van der Waals surface area contributed by atoms with Gasteiger partial charge in [-0.25, -0.2) is 0 Å². The van der Waals surface area contributed by atoms with Gasteiger partial charge in [-0.3, -0.25) is 14.6 Å². The van der Waals surface area contributed by atoms with E-state index in [-0.39, 0.29) is 32.1 Å². The number of carbonyl (C=O) groups is 1. The molecular weight excluding hydrogens is 371 g/mol. The first-order chi connectivity index (χ1) is 13.3. The Labute approximate surface area is 163 Å². The van der Waals surface area contributed by atoms with Crippen LogP contribution in [0.15, 0.2) is 30.3 Å². The minimum absolute atomic E-state index is 0.0278. The fourth-order valence-corrected chi connectivity index (χ4v) is 3.97. The molecule has 8 heteroatoms. The van der Waals surface area contributed by atoms with Crippen molar-refractivity contribution in [3.8, 4) is 0 Å². The number of ether oxygens (including phenoxy) is 1. The minimum atomic E-state index is -4.58. The predicted octanol–water partition coefficient (Wildman–Crippen LogP) is 2.28. The lowest BCUT2D eigenvalue weighted by Crippen LogP contribution is -2.55. The van der Waals surface area contributed by atoms with E-state index in [2.05, 4.69) is 10.2 Å². The molecule has 2 unspecified atom stereocenters. The number of carbonyl (C=O) groups excluding carboxylic acids is 1. The van der Waals surface area contributed by atoms with E-state index in [9.17, 15) is 18.0 Å². The lowest BCUT2D eigenvalue weighted by molar-refractivity contribution is -0.218. The van der Waals surface area contributed by atoms with Gasteiger partial charge in [0.05, 0.1) is 13.2 Å². The molecule has 156 valence electrons. The van der Waals surface area contributed by atoms with Gasteiger partial charge in [0.25, 0.3) is 0 Å². The smallest absolute Gasteiger partial charge is 0.379 e. The number of likely N-dealkylation sites (tertiary alicyclic amines) is 1. The fourth-order valence-electron chi connectivity index (χ4n) is 3.97. The fraction of sp³-hybridized carbons (Fsp3) is 0.650. The predicted molar refractivity (Wildman–Crippen MR) is 99.7 cm³/mol. The normalized spacial score (nSPS) is 25.6. The van der Waals surface area contributed by atoms with Crippen LogP contribution in [-0.4, -0.2) is 73.9 Å².